The van der Waals surface area contributed by atoms with Crippen LogP contribution in [0.15, 0.2) is 35.4 Å². The molecule has 1 fully saturated rings. The fourth-order valence-corrected chi connectivity index (χ4v) is 3.25. The van der Waals surface area contributed by atoms with Crippen LogP contribution in [-0.2, 0) is 9.59 Å². The molecule has 1 aromatic carbocycles. The predicted octanol–water partition coefficient (Wildman–Crippen LogP) is 1.51. The molecule has 2 unspecified atom stereocenters. The Morgan fingerprint density at radius 2 is 1.96 bits per heavy atom. The van der Waals surface area contributed by atoms with Crippen LogP contribution in [0.25, 0.3) is 0 Å². The van der Waals surface area contributed by atoms with Gasteiger partial charge in [-0.1, -0.05) is 18.2 Å². The van der Waals surface area contributed by atoms with E-state index in [4.69, 9.17) is 5.73 Å². The molecule has 1 aromatic rings. The third-order valence-corrected chi connectivity index (χ3v) is 4.57. The largest absolute Gasteiger partial charge is 0.368 e. The highest BCUT2D eigenvalue weighted by atomic mass is 16.2. The van der Waals surface area contributed by atoms with Gasteiger partial charge in [0.05, 0.1) is 5.69 Å². The first-order chi connectivity index (χ1) is 11.1. The van der Waals surface area contributed by atoms with E-state index in [-0.39, 0.29) is 18.4 Å². The van der Waals surface area contributed by atoms with Crippen LogP contribution in [0.2, 0.25) is 0 Å². The van der Waals surface area contributed by atoms with Crippen LogP contribution in [0.1, 0.15) is 32.6 Å². The number of piperidine rings is 1. The van der Waals surface area contributed by atoms with Gasteiger partial charge in [-0.05, 0) is 38.3 Å². The van der Waals surface area contributed by atoms with Gasteiger partial charge in [-0.2, -0.15) is 5.10 Å². The van der Waals surface area contributed by atoms with E-state index in [0.29, 0.717) is 5.71 Å². The fraction of sp³-hybridized carbons (Fsp3) is 0.471. The number of para-hydroxylation sites is 1. The molecule has 0 bridgehead atoms. The number of hydrazone groups is 1. The smallest absolute Gasteiger partial charge is 0.270 e. The number of anilines is 1. The molecular weight excluding hydrogens is 292 g/mol. The van der Waals surface area contributed by atoms with Gasteiger partial charge in [0.1, 0.15) is 11.8 Å². The lowest BCUT2D eigenvalue weighted by atomic mass is 10.0. The summed E-state index contributed by atoms with van der Waals surface area (Å²) in [5.74, 6) is -0.533. The Bertz CT molecular complexity index is 629. The van der Waals surface area contributed by atoms with E-state index in [0.717, 1.165) is 31.5 Å². The number of rotatable bonds is 3. The van der Waals surface area contributed by atoms with Crippen molar-refractivity contribution in [1.82, 2.24) is 4.90 Å². The van der Waals surface area contributed by atoms with E-state index in [1.165, 1.54) is 0 Å². The molecule has 2 amide bonds. The topological polar surface area (TPSA) is 79.0 Å². The van der Waals surface area contributed by atoms with Crippen LogP contribution >= 0.6 is 0 Å². The molecule has 2 heterocycles. The summed E-state index contributed by atoms with van der Waals surface area (Å²) in [7, 11) is 0. The van der Waals surface area contributed by atoms with E-state index in [2.05, 4.69) is 12.0 Å². The quantitative estimate of drug-likeness (QED) is 0.918. The minimum absolute atomic E-state index is 0.0677. The lowest BCUT2D eigenvalue weighted by Crippen LogP contribution is -2.45. The minimum atomic E-state index is -0.601. The molecule has 3 rings (SSSR count). The first-order valence-corrected chi connectivity index (χ1v) is 8.10. The van der Waals surface area contributed by atoms with Gasteiger partial charge in [-0.15, -0.1) is 0 Å². The molecule has 2 atom stereocenters. The van der Waals surface area contributed by atoms with Crippen LogP contribution in [-0.4, -0.2) is 41.1 Å². The SMILES string of the molecule is CC1CCCCN1C(=O)C1=NN(c2ccccc2)C(C(N)=O)C1. The molecule has 23 heavy (non-hydrogen) atoms. The van der Waals surface area contributed by atoms with Crippen molar-refractivity contribution >= 4 is 23.2 Å². The van der Waals surface area contributed by atoms with Crippen molar-refractivity contribution in [3.63, 3.8) is 0 Å². The van der Waals surface area contributed by atoms with Crippen LogP contribution in [0.3, 0.4) is 0 Å². The molecule has 0 spiro atoms. The van der Waals surface area contributed by atoms with Gasteiger partial charge in [0.15, 0.2) is 0 Å². The van der Waals surface area contributed by atoms with Crippen LogP contribution in [0.4, 0.5) is 5.69 Å². The lowest BCUT2D eigenvalue weighted by Gasteiger charge is -2.33. The zero-order valence-electron chi connectivity index (χ0n) is 13.3. The fourth-order valence-electron chi connectivity index (χ4n) is 3.25. The second-order valence-electron chi connectivity index (χ2n) is 6.19. The first-order valence-electron chi connectivity index (χ1n) is 8.10. The summed E-state index contributed by atoms with van der Waals surface area (Å²) < 4.78 is 0. The maximum Gasteiger partial charge on any atom is 0.270 e. The second kappa shape index (κ2) is 6.40. The van der Waals surface area contributed by atoms with Crippen molar-refractivity contribution in [1.29, 1.82) is 0 Å². The predicted molar refractivity (Wildman–Crippen MR) is 89.0 cm³/mol. The number of benzene rings is 1. The van der Waals surface area contributed by atoms with Crippen molar-refractivity contribution in [2.24, 2.45) is 10.8 Å². The Balaban J connectivity index is 1.85. The van der Waals surface area contributed by atoms with Crippen molar-refractivity contribution in [3.8, 4) is 0 Å². The Labute approximate surface area is 135 Å². The standard InChI is InChI=1S/C17H22N4O2/c1-12-7-5-6-10-20(12)17(23)14-11-15(16(18)22)21(19-14)13-8-3-2-4-9-13/h2-4,8-9,12,15H,5-7,10-11H2,1H3,(H2,18,22). The Morgan fingerprint density at radius 1 is 1.22 bits per heavy atom. The van der Waals surface area contributed by atoms with Gasteiger partial charge >= 0.3 is 0 Å². The molecule has 0 saturated carbocycles. The highest BCUT2D eigenvalue weighted by molar-refractivity contribution is 6.40. The van der Waals surface area contributed by atoms with E-state index in [1.54, 1.807) is 5.01 Å². The summed E-state index contributed by atoms with van der Waals surface area (Å²) in [4.78, 5) is 26.4. The highest BCUT2D eigenvalue weighted by Gasteiger charge is 2.37. The van der Waals surface area contributed by atoms with Gasteiger partial charge in [-0.25, -0.2) is 0 Å². The number of primary amides is 1. The summed E-state index contributed by atoms with van der Waals surface area (Å²) in [5.41, 5.74) is 6.71. The molecule has 1 saturated heterocycles. The van der Waals surface area contributed by atoms with Crippen molar-refractivity contribution in [2.75, 3.05) is 11.6 Å². The second-order valence-corrected chi connectivity index (χ2v) is 6.19. The number of nitrogens with zero attached hydrogens (tertiary/aromatic N) is 3. The lowest BCUT2D eigenvalue weighted by molar-refractivity contribution is -0.127. The zero-order chi connectivity index (χ0) is 16.4. The van der Waals surface area contributed by atoms with Crippen molar-refractivity contribution < 1.29 is 9.59 Å². The molecule has 122 valence electrons. The molecule has 0 aliphatic carbocycles. The number of carbonyl (C=O) groups is 2. The third-order valence-electron chi connectivity index (χ3n) is 4.57. The molecule has 0 radical (unpaired) electrons. The van der Waals surface area contributed by atoms with Crippen LogP contribution in [0, 0.1) is 0 Å². The Hall–Kier alpha value is -2.37. The minimum Gasteiger partial charge on any atom is -0.368 e. The molecule has 0 aromatic heterocycles. The van der Waals surface area contributed by atoms with E-state index >= 15 is 0 Å². The maximum absolute atomic E-state index is 12.8. The number of nitrogens with two attached hydrogens (primary N) is 1. The Kier molecular flexibility index (Phi) is 4.32. The van der Waals surface area contributed by atoms with E-state index < -0.39 is 11.9 Å². The third kappa shape index (κ3) is 3.06. The van der Waals surface area contributed by atoms with E-state index in [9.17, 15) is 9.59 Å². The molecular formula is C17H22N4O2. The average molecular weight is 314 g/mol. The van der Waals surface area contributed by atoms with Crippen LogP contribution in [0.5, 0.6) is 0 Å². The summed E-state index contributed by atoms with van der Waals surface area (Å²) >= 11 is 0. The molecule has 2 aliphatic heterocycles. The van der Waals surface area contributed by atoms with Gasteiger partial charge < -0.3 is 10.6 Å². The van der Waals surface area contributed by atoms with Gasteiger partial charge in [-0.3, -0.25) is 14.6 Å². The van der Waals surface area contributed by atoms with Gasteiger partial charge in [0.2, 0.25) is 5.91 Å². The van der Waals surface area contributed by atoms with Crippen molar-refractivity contribution in [3.05, 3.63) is 30.3 Å². The van der Waals surface area contributed by atoms with Gasteiger partial charge in [0, 0.05) is 19.0 Å². The highest BCUT2D eigenvalue weighted by Crippen LogP contribution is 2.26. The summed E-state index contributed by atoms with van der Waals surface area (Å²) in [6.45, 7) is 2.82. The summed E-state index contributed by atoms with van der Waals surface area (Å²) in [6.07, 6.45) is 3.45. The van der Waals surface area contributed by atoms with Crippen LogP contribution < -0.4 is 10.7 Å². The van der Waals surface area contributed by atoms with Gasteiger partial charge in [0.25, 0.3) is 5.91 Å². The number of amides is 2. The zero-order valence-corrected chi connectivity index (χ0v) is 13.3. The number of hydrogen-bond acceptors (Lipinski definition) is 4. The first kappa shape index (κ1) is 15.5. The Morgan fingerprint density at radius 3 is 2.61 bits per heavy atom. The number of likely N-dealkylation sites (tertiary alicyclic amines) is 1. The number of carbonyl (C=O) groups excluding carboxylic acids is 2. The van der Waals surface area contributed by atoms with E-state index in [1.807, 2.05) is 35.2 Å². The molecule has 2 aliphatic rings. The average Bonchev–Trinajstić information content (AvgIpc) is 3.01. The van der Waals surface area contributed by atoms with Crippen molar-refractivity contribution in [2.45, 2.75) is 44.7 Å². The monoisotopic (exact) mass is 314 g/mol. The summed E-state index contributed by atoms with van der Waals surface area (Å²) in [5, 5.41) is 6.00. The normalized spacial score (nSPS) is 24.5. The summed E-state index contributed by atoms with van der Waals surface area (Å²) in [6, 6.07) is 8.97. The molecule has 6 nitrogen and oxygen atoms in total. The molecule has 6 heteroatoms. The molecule has 2 N–H and O–H groups in total. The maximum atomic E-state index is 12.8. The number of hydrogen-bond donors (Lipinski definition) is 1.